The number of amides is 2. The van der Waals surface area contributed by atoms with E-state index in [0.717, 1.165) is 27.7 Å². The van der Waals surface area contributed by atoms with Gasteiger partial charge in [-0.3, -0.25) is 14.5 Å². The minimum atomic E-state index is -2.09. The SMILES string of the molecule is C=CC(=O)N(CC(=O)N[C@@H](Cc1ccc(C)cc1C)OB(O)O)c1ccc(F)cc1. The Balaban J connectivity index is 2.15. The molecule has 0 saturated heterocycles. The Bertz CT molecular complexity index is 905. The number of hydrogen-bond acceptors (Lipinski definition) is 5. The second-order valence-electron chi connectivity index (χ2n) is 6.76. The Labute approximate surface area is 175 Å². The molecule has 0 unspecified atom stereocenters. The van der Waals surface area contributed by atoms with Gasteiger partial charge in [-0.1, -0.05) is 30.3 Å². The summed E-state index contributed by atoms with van der Waals surface area (Å²) in [6, 6.07) is 10.8. The molecule has 0 bridgehead atoms. The van der Waals surface area contributed by atoms with Crippen molar-refractivity contribution in [3.8, 4) is 0 Å². The fourth-order valence-electron chi connectivity index (χ4n) is 2.95. The lowest BCUT2D eigenvalue weighted by atomic mass is 10.0. The number of carbonyl (C=O) groups excluding carboxylic acids is 2. The molecule has 2 aromatic carbocycles. The molecule has 1 atom stereocenters. The lowest BCUT2D eigenvalue weighted by Gasteiger charge is -2.24. The third-order valence-corrected chi connectivity index (χ3v) is 4.39. The van der Waals surface area contributed by atoms with Crippen LogP contribution in [0.4, 0.5) is 10.1 Å². The lowest BCUT2D eigenvalue weighted by molar-refractivity contribution is -0.124. The maximum absolute atomic E-state index is 13.2. The summed E-state index contributed by atoms with van der Waals surface area (Å²) in [5, 5.41) is 21.0. The number of carbonyl (C=O) groups is 2. The van der Waals surface area contributed by atoms with E-state index in [1.807, 2.05) is 32.0 Å². The van der Waals surface area contributed by atoms with Gasteiger partial charge in [0.05, 0.1) is 0 Å². The highest BCUT2D eigenvalue weighted by Crippen LogP contribution is 2.16. The summed E-state index contributed by atoms with van der Waals surface area (Å²) in [5.41, 5.74) is 3.19. The topological polar surface area (TPSA) is 99.1 Å². The van der Waals surface area contributed by atoms with E-state index < -0.39 is 37.7 Å². The number of nitrogens with zero attached hydrogens (tertiary/aromatic N) is 1. The Hall–Kier alpha value is -3.01. The van der Waals surface area contributed by atoms with Crippen LogP contribution in [0.5, 0.6) is 0 Å². The zero-order valence-electron chi connectivity index (χ0n) is 16.8. The molecular formula is C21H24BFN2O5. The van der Waals surface area contributed by atoms with Crippen molar-refractivity contribution in [2.45, 2.75) is 26.5 Å². The molecule has 0 radical (unpaired) electrons. The van der Waals surface area contributed by atoms with E-state index in [9.17, 15) is 24.0 Å². The van der Waals surface area contributed by atoms with E-state index in [4.69, 9.17) is 4.65 Å². The maximum Gasteiger partial charge on any atom is 0.635 e. The van der Waals surface area contributed by atoms with Gasteiger partial charge in [0.2, 0.25) is 5.91 Å². The predicted molar refractivity (Wildman–Crippen MR) is 112 cm³/mol. The maximum atomic E-state index is 13.2. The quantitative estimate of drug-likeness (QED) is 0.329. The van der Waals surface area contributed by atoms with Crippen LogP contribution in [0.1, 0.15) is 16.7 Å². The first-order valence-electron chi connectivity index (χ1n) is 9.26. The van der Waals surface area contributed by atoms with Crippen molar-refractivity contribution in [3.05, 3.63) is 77.6 Å². The van der Waals surface area contributed by atoms with Crippen LogP contribution >= 0.6 is 0 Å². The number of anilines is 1. The van der Waals surface area contributed by atoms with Crippen LogP contribution in [0, 0.1) is 19.7 Å². The summed E-state index contributed by atoms with van der Waals surface area (Å²) < 4.78 is 18.2. The second-order valence-corrected chi connectivity index (χ2v) is 6.76. The Kier molecular flexibility index (Phi) is 8.29. The molecule has 2 rings (SSSR count). The summed E-state index contributed by atoms with van der Waals surface area (Å²) in [6.45, 7) is 6.87. The first-order valence-corrected chi connectivity index (χ1v) is 9.26. The molecule has 0 aromatic heterocycles. The normalized spacial score (nSPS) is 11.5. The van der Waals surface area contributed by atoms with Gasteiger partial charge < -0.3 is 20.0 Å². The third-order valence-electron chi connectivity index (χ3n) is 4.39. The molecule has 3 N–H and O–H groups in total. The van der Waals surface area contributed by atoms with Crippen molar-refractivity contribution in [2.24, 2.45) is 0 Å². The van der Waals surface area contributed by atoms with Crippen LogP contribution in [0.25, 0.3) is 0 Å². The summed E-state index contributed by atoms with van der Waals surface area (Å²) in [7, 11) is -2.09. The highest BCUT2D eigenvalue weighted by Gasteiger charge is 2.23. The van der Waals surface area contributed by atoms with Gasteiger partial charge in [0, 0.05) is 12.1 Å². The number of halogens is 1. The predicted octanol–water partition coefficient (Wildman–Crippen LogP) is 1.63. The molecule has 9 heteroatoms. The molecule has 0 fully saturated rings. The minimum Gasteiger partial charge on any atom is -0.402 e. The number of aryl methyl sites for hydroxylation is 2. The molecule has 0 saturated carbocycles. The molecule has 30 heavy (non-hydrogen) atoms. The van der Waals surface area contributed by atoms with Crippen molar-refractivity contribution < 1.29 is 28.7 Å². The standard InChI is InChI=1S/C21H24BFN2O5/c1-4-21(27)25(18-9-7-17(23)8-10-18)13-19(26)24-20(30-22(28)29)12-16-6-5-14(2)11-15(16)3/h4-11,20,28-29H,1,12-13H2,2-3H3,(H,24,26)/t20-/m1/s1. The van der Waals surface area contributed by atoms with Crippen LogP contribution in [0.15, 0.2) is 55.1 Å². The van der Waals surface area contributed by atoms with Crippen LogP contribution < -0.4 is 10.2 Å². The fraction of sp³-hybridized carbons (Fsp3) is 0.238. The van der Waals surface area contributed by atoms with Gasteiger partial charge in [0.15, 0.2) is 0 Å². The molecule has 7 nitrogen and oxygen atoms in total. The Morgan fingerprint density at radius 3 is 2.47 bits per heavy atom. The number of benzene rings is 2. The van der Waals surface area contributed by atoms with Gasteiger partial charge in [-0.15, -0.1) is 0 Å². The average Bonchev–Trinajstić information content (AvgIpc) is 2.68. The largest absolute Gasteiger partial charge is 0.635 e. The molecule has 0 aliphatic carbocycles. The van der Waals surface area contributed by atoms with Gasteiger partial charge in [0.25, 0.3) is 5.91 Å². The highest BCUT2D eigenvalue weighted by atomic mass is 19.1. The molecule has 0 spiro atoms. The first-order chi connectivity index (χ1) is 14.2. The zero-order valence-corrected chi connectivity index (χ0v) is 16.8. The van der Waals surface area contributed by atoms with Crippen molar-refractivity contribution in [2.75, 3.05) is 11.4 Å². The highest BCUT2D eigenvalue weighted by molar-refractivity contribution is 6.32. The molecule has 2 aromatic rings. The van der Waals surface area contributed by atoms with E-state index >= 15 is 0 Å². The lowest BCUT2D eigenvalue weighted by Crippen LogP contribution is -2.47. The van der Waals surface area contributed by atoms with Gasteiger partial charge in [-0.2, -0.15) is 0 Å². The molecule has 0 aliphatic heterocycles. The first kappa shape index (κ1) is 23.3. The van der Waals surface area contributed by atoms with Gasteiger partial charge in [-0.05, 0) is 55.3 Å². The van der Waals surface area contributed by atoms with Crippen molar-refractivity contribution >= 4 is 24.8 Å². The molecule has 2 amide bonds. The average molecular weight is 414 g/mol. The molecule has 0 aliphatic rings. The van der Waals surface area contributed by atoms with Crippen molar-refractivity contribution in [1.82, 2.24) is 5.32 Å². The van der Waals surface area contributed by atoms with E-state index in [-0.39, 0.29) is 6.42 Å². The van der Waals surface area contributed by atoms with E-state index in [0.29, 0.717) is 5.69 Å². The van der Waals surface area contributed by atoms with Crippen molar-refractivity contribution in [3.63, 3.8) is 0 Å². The monoisotopic (exact) mass is 414 g/mol. The van der Waals surface area contributed by atoms with Crippen LogP contribution in [0.3, 0.4) is 0 Å². The number of nitrogens with one attached hydrogen (secondary N) is 1. The summed E-state index contributed by atoms with van der Waals surface area (Å²) in [6.07, 6.45) is 0.173. The van der Waals surface area contributed by atoms with E-state index in [1.165, 1.54) is 24.3 Å². The van der Waals surface area contributed by atoms with E-state index in [1.54, 1.807) is 0 Å². The summed E-state index contributed by atoms with van der Waals surface area (Å²) in [4.78, 5) is 25.9. The van der Waals surface area contributed by atoms with Gasteiger partial charge in [0.1, 0.15) is 18.6 Å². The minimum absolute atomic E-state index is 0.182. The fourth-order valence-corrected chi connectivity index (χ4v) is 2.95. The van der Waals surface area contributed by atoms with Crippen LogP contribution in [0.2, 0.25) is 0 Å². The number of hydrogen-bond donors (Lipinski definition) is 3. The van der Waals surface area contributed by atoms with Crippen molar-refractivity contribution in [1.29, 1.82) is 0 Å². The Morgan fingerprint density at radius 2 is 1.90 bits per heavy atom. The molecule has 0 heterocycles. The van der Waals surface area contributed by atoms with Gasteiger partial charge >= 0.3 is 7.32 Å². The third kappa shape index (κ3) is 6.80. The zero-order chi connectivity index (χ0) is 22.3. The van der Waals surface area contributed by atoms with E-state index in [2.05, 4.69) is 11.9 Å². The smallest absolute Gasteiger partial charge is 0.402 e. The Morgan fingerprint density at radius 1 is 1.23 bits per heavy atom. The van der Waals surface area contributed by atoms with Gasteiger partial charge in [-0.25, -0.2) is 4.39 Å². The summed E-state index contributed by atoms with van der Waals surface area (Å²) in [5.74, 6) is -1.64. The van der Waals surface area contributed by atoms with Crippen LogP contribution in [-0.4, -0.2) is 42.0 Å². The molecular weight excluding hydrogens is 390 g/mol. The molecule has 158 valence electrons. The number of rotatable bonds is 9. The van der Waals surface area contributed by atoms with Crippen LogP contribution in [-0.2, 0) is 20.7 Å². The summed E-state index contributed by atoms with van der Waals surface area (Å²) >= 11 is 0. The second kappa shape index (κ2) is 10.7.